The molecular weight excluding hydrogens is 298 g/mol. The highest BCUT2D eigenvalue weighted by Gasteiger charge is 2.30. The Morgan fingerprint density at radius 1 is 1.10 bits per heavy atom. The summed E-state index contributed by atoms with van der Waals surface area (Å²) >= 11 is 0. The number of nitrogens with zero attached hydrogens (tertiary/aromatic N) is 3. The van der Waals surface area contributed by atoms with Crippen LogP contribution in [0.1, 0.15) is 20.3 Å². The number of carboxylic acid groups (broad SMARTS) is 1. The highest BCUT2D eigenvalue weighted by atomic mass is 32.2. The largest absolute Gasteiger partial charge is 0.481 e. The Hall–Kier alpha value is -1.35. The maximum absolute atomic E-state index is 12.1. The summed E-state index contributed by atoms with van der Waals surface area (Å²) in [5.74, 6) is -1.53. The topological polar surface area (TPSA) is 98.2 Å². The van der Waals surface area contributed by atoms with Gasteiger partial charge in [-0.25, -0.2) is 13.2 Å². The van der Waals surface area contributed by atoms with E-state index in [1.807, 2.05) is 13.8 Å². The van der Waals surface area contributed by atoms with Crippen LogP contribution in [0.3, 0.4) is 0 Å². The molecule has 21 heavy (non-hydrogen) atoms. The maximum Gasteiger partial charge on any atom is 0.320 e. The Morgan fingerprint density at radius 2 is 1.62 bits per heavy atom. The van der Waals surface area contributed by atoms with E-state index in [4.69, 9.17) is 5.11 Å². The Bertz CT molecular complexity index is 467. The zero-order chi connectivity index (χ0) is 16.0. The first-order valence-electron chi connectivity index (χ1n) is 7.05. The maximum atomic E-state index is 12.1. The van der Waals surface area contributed by atoms with Gasteiger partial charge in [-0.1, -0.05) is 0 Å². The van der Waals surface area contributed by atoms with Crippen molar-refractivity contribution in [3.05, 3.63) is 0 Å². The van der Waals surface area contributed by atoms with Crippen LogP contribution in [0.25, 0.3) is 0 Å². The van der Waals surface area contributed by atoms with Crippen molar-refractivity contribution >= 4 is 22.0 Å². The molecule has 0 bridgehead atoms. The highest BCUT2D eigenvalue weighted by Crippen LogP contribution is 2.11. The second-order valence-electron chi connectivity index (χ2n) is 4.80. The molecule has 1 rings (SSSR count). The van der Waals surface area contributed by atoms with E-state index in [9.17, 15) is 18.0 Å². The summed E-state index contributed by atoms with van der Waals surface area (Å²) in [4.78, 5) is 25.9. The van der Waals surface area contributed by atoms with Crippen LogP contribution in [-0.2, 0) is 14.8 Å². The number of amides is 2. The average molecular weight is 321 g/mol. The molecule has 0 aromatic carbocycles. The summed E-state index contributed by atoms with van der Waals surface area (Å²) in [6, 6.07) is -0.0809. The minimum absolute atomic E-state index is 0.0809. The van der Waals surface area contributed by atoms with Crippen LogP contribution in [-0.4, -0.2) is 84.7 Å². The lowest BCUT2D eigenvalue weighted by molar-refractivity contribution is -0.136. The lowest BCUT2D eigenvalue weighted by atomic mass is 10.4. The molecule has 0 unspecified atom stereocenters. The molecule has 2 amide bonds. The van der Waals surface area contributed by atoms with Crippen LogP contribution in [0.4, 0.5) is 4.79 Å². The van der Waals surface area contributed by atoms with Gasteiger partial charge in [0, 0.05) is 39.3 Å². The monoisotopic (exact) mass is 321 g/mol. The molecule has 0 spiro atoms. The molecule has 1 aliphatic heterocycles. The van der Waals surface area contributed by atoms with E-state index >= 15 is 0 Å². The number of aliphatic carboxylic acids is 1. The minimum atomic E-state index is -3.56. The zero-order valence-electron chi connectivity index (χ0n) is 12.5. The lowest BCUT2D eigenvalue weighted by Gasteiger charge is -2.36. The van der Waals surface area contributed by atoms with Gasteiger partial charge < -0.3 is 14.9 Å². The number of hydrogen-bond acceptors (Lipinski definition) is 4. The predicted molar refractivity (Wildman–Crippen MR) is 77.5 cm³/mol. The first kappa shape index (κ1) is 17.7. The van der Waals surface area contributed by atoms with Crippen LogP contribution >= 0.6 is 0 Å². The second-order valence-corrected chi connectivity index (χ2v) is 6.89. The fraction of sp³-hybridized carbons (Fsp3) is 0.833. The number of rotatable bonds is 6. The van der Waals surface area contributed by atoms with E-state index in [1.165, 1.54) is 4.31 Å². The van der Waals surface area contributed by atoms with Crippen LogP contribution in [0.2, 0.25) is 0 Å². The molecule has 0 aromatic heterocycles. The third kappa shape index (κ3) is 4.85. The molecule has 0 radical (unpaired) electrons. The predicted octanol–water partition coefficient (Wildman–Crippen LogP) is -0.130. The Labute approximate surface area is 125 Å². The molecule has 122 valence electrons. The van der Waals surface area contributed by atoms with E-state index in [1.54, 1.807) is 9.80 Å². The Morgan fingerprint density at radius 3 is 2.05 bits per heavy atom. The molecule has 0 saturated carbocycles. The van der Waals surface area contributed by atoms with E-state index in [0.717, 1.165) is 0 Å². The van der Waals surface area contributed by atoms with Gasteiger partial charge in [0.05, 0.1) is 12.2 Å². The zero-order valence-corrected chi connectivity index (χ0v) is 13.3. The third-order valence-electron chi connectivity index (χ3n) is 3.51. The fourth-order valence-electron chi connectivity index (χ4n) is 2.20. The Balaban J connectivity index is 2.55. The van der Waals surface area contributed by atoms with Crippen molar-refractivity contribution in [2.75, 3.05) is 45.0 Å². The number of carbonyl (C=O) groups is 2. The summed E-state index contributed by atoms with van der Waals surface area (Å²) in [7, 11) is -3.56. The van der Waals surface area contributed by atoms with E-state index in [-0.39, 0.29) is 19.1 Å². The number of carbonyl (C=O) groups excluding carboxylic acids is 1. The second kappa shape index (κ2) is 7.60. The van der Waals surface area contributed by atoms with Gasteiger partial charge in [0.25, 0.3) is 0 Å². The minimum Gasteiger partial charge on any atom is -0.481 e. The molecule has 0 aliphatic carbocycles. The van der Waals surface area contributed by atoms with Gasteiger partial charge in [0.2, 0.25) is 10.0 Å². The molecule has 1 N–H and O–H groups in total. The van der Waals surface area contributed by atoms with Crippen LogP contribution in [0.15, 0.2) is 0 Å². The summed E-state index contributed by atoms with van der Waals surface area (Å²) in [5.41, 5.74) is 0. The summed E-state index contributed by atoms with van der Waals surface area (Å²) < 4.78 is 25.2. The van der Waals surface area contributed by atoms with Crippen molar-refractivity contribution < 1.29 is 23.1 Å². The standard InChI is InChI=1S/C12H23N3O5S/c1-3-13(4-2)12(18)14-6-8-15(9-7-14)21(19,20)10-5-11(16)17/h3-10H2,1-2H3,(H,16,17). The third-order valence-corrected chi connectivity index (χ3v) is 5.38. The molecule has 1 saturated heterocycles. The summed E-state index contributed by atoms with van der Waals surface area (Å²) in [6.07, 6.45) is -0.402. The molecule has 8 nitrogen and oxygen atoms in total. The normalized spacial score (nSPS) is 16.8. The quantitative estimate of drug-likeness (QED) is 0.735. The van der Waals surface area contributed by atoms with Crippen molar-refractivity contribution in [3.8, 4) is 0 Å². The molecule has 0 aromatic rings. The summed E-state index contributed by atoms with van der Waals surface area (Å²) in [5, 5.41) is 8.56. The van der Waals surface area contributed by atoms with Crippen molar-refractivity contribution in [1.82, 2.24) is 14.1 Å². The first-order chi connectivity index (χ1) is 9.81. The molecular formula is C12H23N3O5S. The van der Waals surface area contributed by atoms with Gasteiger partial charge in [-0.2, -0.15) is 4.31 Å². The Kier molecular flexibility index (Phi) is 6.41. The molecule has 1 aliphatic rings. The fourth-order valence-corrected chi connectivity index (χ4v) is 3.61. The van der Waals surface area contributed by atoms with Gasteiger partial charge in [0.15, 0.2) is 0 Å². The number of sulfonamides is 1. The van der Waals surface area contributed by atoms with Gasteiger partial charge >= 0.3 is 12.0 Å². The molecule has 9 heteroatoms. The molecule has 1 fully saturated rings. The van der Waals surface area contributed by atoms with Gasteiger partial charge in [0.1, 0.15) is 0 Å². The van der Waals surface area contributed by atoms with Crippen molar-refractivity contribution in [1.29, 1.82) is 0 Å². The van der Waals surface area contributed by atoms with Crippen molar-refractivity contribution in [3.63, 3.8) is 0 Å². The van der Waals surface area contributed by atoms with E-state index < -0.39 is 28.2 Å². The van der Waals surface area contributed by atoms with Crippen molar-refractivity contribution in [2.24, 2.45) is 0 Å². The van der Waals surface area contributed by atoms with Crippen LogP contribution in [0.5, 0.6) is 0 Å². The van der Waals surface area contributed by atoms with Crippen molar-refractivity contribution in [2.45, 2.75) is 20.3 Å². The number of piperazine rings is 1. The molecule has 0 atom stereocenters. The van der Waals surface area contributed by atoms with Gasteiger partial charge in [-0.15, -0.1) is 0 Å². The summed E-state index contributed by atoms with van der Waals surface area (Å²) in [6.45, 7) is 6.13. The number of carboxylic acids is 1. The van der Waals surface area contributed by atoms with Gasteiger partial charge in [-0.05, 0) is 13.8 Å². The van der Waals surface area contributed by atoms with E-state index in [0.29, 0.717) is 26.2 Å². The smallest absolute Gasteiger partial charge is 0.320 e. The number of hydrogen-bond donors (Lipinski definition) is 1. The molecule has 1 heterocycles. The highest BCUT2D eigenvalue weighted by molar-refractivity contribution is 7.89. The van der Waals surface area contributed by atoms with Crippen LogP contribution in [0, 0.1) is 0 Å². The average Bonchev–Trinajstić information content (AvgIpc) is 2.46. The SMILES string of the molecule is CCN(CC)C(=O)N1CCN(S(=O)(=O)CCC(=O)O)CC1. The van der Waals surface area contributed by atoms with E-state index in [2.05, 4.69) is 0 Å². The lowest BCUT2D eigenvalue weighted by Crippen LogP contribution is -2.54. The van der Waals surface area contributed by atoms with Crippen LogP contribution < -0.4 is 0 Å². The first-order valence-corrected chi connectivity index (χ1v) is 8.66. The van der Waals surface area contributed by atoms with Gasteiger partial charge in [-0.3, -0.25) is 4.79 Å². The number of urea groups is 1.